The number of nitrogens with one attached hydrogen (secondary N) is 1. The second-order valence-corrected chi connectivity index (χ2v) is 6.48. The van der Waals surface area contributed by atoms with Crippen molar-refractivity contribution in [3.05, 3.63) is 0 Å². The molecular weight excluding hydrogens is 186 g/mol. The van der Waals surface area contributed by atoms with Crippen LogP contribution in [0.4, 0.5) is 0 Å². The Labute approximate surface area is 94.5 Å². The molecule has 2 heteroatoms. The molecule has 1 aliphatic rings. The lowest BCUT2D eigenvalue weighted by atomic mass is 10.0. The van der Waals surface area contributed by atoms with Gasteiger partial charge in [0.05, 0.1) is 5.60 Å². The normalized spacial score (nSPS) is 27.4. The van der Waals surface area contributed by atoms with Gasteiger partial charge in [-0.3, -0.25) is 0 Å². The lowest BCUT2D eigenvalue weighted by Gasteiger charge is -2.22. The Bertz CT molecular complexity index is 217. The van der Waals surface area contributed by atoms with Crippen LogP contribution in [0.15, 0.2) is 0 Å². The largest absolute Gasteiger partial charge is 0.389 e. The molecule has 2 N–H and O–H groups in total. The number of hydrogen-bond acceptors (Lipinski definition) is 2. The summed E-state index contributed by atoms with van der Waals surface area (Å²) < 4.78 is 0. The van der Waals surface area contributed by atoms with Crippen molar-refractivity contribution in [2.45, 2.75) is 53.6 Å². The molecule has 0 aromatic rings. The van der Waals surface area contributed by atoms with Gasteiger partial charge in [0, 0.05) is 6.54 Å². The fourth-order valence-electron chi connectivity index (χ4n) is 2.45. The highest BCUT2D eigenvalue weighted by Crippen LogP contribution is 2.67. The van der Waals surface area contributed by atoms with Gasteiger partial charge in [0.15, 0.2) is 0 Å². The van der Waals surface area contributed by atoms with Gasteiger partial charge in [-0.15, -0.1) is 0 Å². The van der Waals surface area contributed by atoms with Crippen molar-refractivity contribution in [1.82, 2.24) is 5.32 Å². The van der Waals surface area contributed by atoms with Gasteiger partial charge in [0.1, 0.15) is 0 Å². The van der Waals surface area contributed by atoms with Crippen molar-refractivity contribution in [2.24, 2.45) is 16.7 Å². The zero-order valence-corrected chi connectivity index (χ0v) is 11.1. The van der Waals surface area contributed by atoms with Gasteiger partial charge >= 0.3 is 0 Å². The van der Waals surface area contributed by atoms with E-state index in [1.807, 2.05) is 13.8 Å². The minimum atomic E-state index is -0.552. The van der Waals surface area contributed by atoms with E-state index >= 15 is 0 Å². The van der Waals surface area contributed by atoms with E-state index in [-0.39, 0.29) is 0 Å². The maximum atomic E-state index is 9.85. The third kappa shape index (κ3) is 2.36. The van der Waals surface area contributed by atoms with Crippen LogP contribution in [-0.4, -0.2) is 23.8 Å². The van der Waals surface area contributed by atoms with Crippen LogP contribution in [0.5, 0.6) is 0 Å². The molecule has 0 aromatic heterocycles. The molecule has 0 saturated heterocycles. The molecule has 1 atom stereocenters. The minimum Gasteiger partial charge on any atom is -0.389 e. The Kier molecular flexibility index (Phi) is 3.24. The minimum absolute atomic E-state index is 0.443. The van der Waals surface area contributed by atoms with Crippen LogP contribution < -0.4 is 5.32 Å². The number of hydrogen-bond donors (Lipinski definition) is 2. The third-order valence-electron chi connectivity index (χ3n) is 4.94. The molecule has 0 spiro atoms. The summed E-state index contributed by atoms with van der Waals surface area (Å²) in [5, 5.41) is 13.3. The molecule has 1 rings (SSSR count). The summed E-state index contributed by atoms with van der Waals surface area (Å²) in [6.07, 6.45) is 0.803. The monoisotopic (exact) mass is 213 g/mol. The molecule has 15 heavy (non-hydrogen) atoms. The van der Waals surface area contributed by atoms with Crippen LogP contribution in [0.3, 0.4) is 0 Å². The smallest absolute Gasteiger partial charge is 0.0740 e. The molecular formula is C13H27NO. The highest BCUT2D eigenvalue weighted by molar-refractivity contribution is 5.12. The lowest BCUT2D eigenvalue weighted by Crippen LogP contribution is -2.38. The maximum absolute atomic E-state index is 9.85. The summed E-state index contributed by atoms with van der Waals surface area (Å²) >= 11 is 0. The molecule has 1 saturated carbocycles. The van der Waals surface area contributed by atoms with Crippen molar-refractivity contribution in [3.63, 3.8) is 0 Å². The first-order valence-electron chi connectivity index (χ1n) is 6.08. The fraction of sp³-hybridized carbons (Fsp3) is 1.00. The van der Waals surface area contributed by atoms with Crippen LogP contribution in [0.2, 0.25) is 0 Å². The van der Waals surface area contributed by atoms with Gasteiger partial charge in [-0.1, -0.05) is 34.6 Å². The first-order valence-corrected chi connectivity index (χ1v) is 6.08. The van der Waals surface area contributed by atoms with Gasteiger partial charge in [-0.05, 0) is 36.6 Å². The van der Waals surface area contributed by atoms with E-state index in [1.165, 1.54) is 0 Å². The van der Waals surface area contributed by atoms with Crippen molar-refractivity contribution in [2.75, 3.05) is 13.1 Å². The molecule has 1 unspecified atom stereocenters. The molecule has 90 valence electrons. The second-order valence-electron chi connectivity index (χ2n) is 6.48. The third-order valence-corrected chi connectivity index (χ3v) is 4.94. The highest BCUT2D eigenvalue weighted by Gasteiger charge is 2.63. The van der Waals surface area contributed by atoms with E-state index in [4.69, 9.17) is 0 Å². The summed E-state index contributed by atoms with van der Waals surface area (Å²) in [4.78, 5) is 0. The van der Waals surface area contributed by atoms with Crippen LogP contribution in [-0.2, 0) is 0 Å². The zero-order valence-electron chi connectivity index (χ0n) is 11.1. The Hall–Kier alpha value is -0.0800. The van der Waals surface area contributed by atoms with E-state index in [0.29, 0.717) is 17.4 Å². The van der Waals surface area contributed by atoms with E-state index in [9.17, 15) is 5.11 Å². The average molecular weight is 213 g/mol. The van der Waals surface area contributed by atoms with Crippen LogP contribution in [0.25, 0.3) is 0 Å². The van der Waals surface area contributed by atoms with Gasteiger partial charge in [0.25, 0.3) is 0 Å². The molecule has 0 radical (unpaired) electrons. The standard InChI is InChI=1S/C13H27NO/c1-7-13(6,15)9-14-8-10-11(2,3)12(10,4)5/h10,14-15H,7-9H2,1-6H3. The fourth-order valence-corrected chi connectivity index (χ4v) is 2.45. The molecule has 0 aromatic carbocycles. The summed E-state index contributed by atoms with van der Waals surface area (Å²) in [6, 6.07) is 0. The molecule has 0 heterocycles. The topological polar surface area (TPSA) is 32.3 Å². The first kappa shape index (κ1) is 13.0. The Morgan fingerprint density at radius 1 is 1.20 bits per heavy atom. The van der Waals surface area contributed by atoms with Crippen LogP contribution >= 0.6 is 0 Å². The number of rotatable bonds is 5. The molecule has 0 aliphatic heterocycles. The predicted molar refractivity (Wildman–Crippen MR) is 64.8 cm³/mol. The predicted octanol–water partition coefficient (Wildman–Crippen LogP) is 2.42. The first-order chi connectivity index (χ1) is 6.65. The molecule has 1 fully saturated rings. The van der Waals surface area contributed by atoms with Crippen molar-refractivity contribution in [1.29, 1.82) is 0 Å². The van der Waals surface area contributed by atoms with Crippen molar-refractivity contribution >= 4 is 0 Å². The van der Waals surface area contributed by atoms with E-state index in [2.05, 4.69) is 33.0 Å². The van der Waals surface area contributed by atoms with Crippen LogP contribution in [0, 0.1) is 16.7 Å². The molecule has 2 nitrogen and oxygen atoms in total. The zero-order chi connectivity index (χ0) is 11.9. The summed E-state index contributed by atoms with van der Waals surface area (Å²) in [5.41, 5.74) is 0.333. The van der Waals surface area contributed by atoms with E-state index < -0.39 is 5.60 Å². The number of aliphatic hydroxyl groups is 1. The average Bonchev–Trinajstić information content (AvgIpc) is 2.47. The Balaban J connectivity index is 2.30. The van der Waals surface area contributed by atoms with Gasteiger partial charge in [-0.25, -0.2) is 0 Å². The molecule has 1 aliphatic carbocycles. The van der Waals surface area contributed by atoms with Crippen molar-refractivity contribution < 1.29 is 5.11 Å². The Morgan fingerprint density at radius 2 is 1.67 bits per heavy atom. The van der Waals surface area contributed by atoms with E-state index in [1.54, 1.807) is 0 Å². The quantitative estimate of drug-likeness (QED) is 0.735. The highest BCUT2D eigenvalue weighted by atomic mass is 16.3. The van der Waals surface area contributed by atoms with E-state index in [0.717, 1.165) is 18.9 Å². The van der Waals surface area contributed by atoms with Crippen LogP contribution in [0.1, 0.15) is 48.0 Å². The SMILES string of the molecule is CCC(C)(O)CNCC1C(C)(C)C1(C)C. The van der Waals surface area contributed by atoms with Gasteiger partial charge < -0.3 is 10.4 Å². The van der Waals surface area contributed by atoms with Gasteiger partial charge in [0.2, 0.25) is 0 Å². The summed E-state index contributed by atoms with van der Waals surface area (Å²) in [5.74, 6) is 0.734. The molecule has 0 amide bonds. The van der Waals surface area contributed by atoms with Gasteiger partial charge in [-0.2, -0.15) is 0 Å². The van der Waals surface area contributed by atoms with Crippen molar-refractivity contribution in [3.8, 4) is 0 Å². The summed E-state index contributed by atoms with van der Waals surface area (Å²) in [7, 11) is 0. The second kappa shape index (κ2) is 3.74. The maximum Gasteiger partial charge on any atom is 0.0740 e. The lowest BCUT2D eigenvalue weighted by molar-refractivity contribution is 0.0553. The summed E-state index contributed by atoms with van der Waals surface area (Å²) in [6.45, 7) is 15.0. The Morgan fingerprint density at radius 3 is 2.00 bits per heavy atom. The molecule has 0 bridgehead atoms.